The number of nitrogens with one attached hydrogen (secondary N) is 2. The molecule has 1 saturated carbocycles. The summed E-state index contributed by atoms with van der Waals surface area (Å²) < 4.78 is 5.40. The Kier molecular flexibility index (Phi) is 11.9. The van der Waals surface area contributed by atoms with E-state index in [1.165, 1.54) is 12.8 Å². The summed E-state index contributed by atoms with van der Waals surface area (Å²) in [6.07, 6.45) is 6.97. The lowest BCUT2D eigenvalue weighted by Crippen LogP contribution is -2.38. The van der Waals surface area contributed by atoms with Crippen LogP contribution in [0.1, 0.15) is 51.9 Å². The van der Waals surface area contributed by atoms with Crippen LogP contribution in [-0.4, -0.2) is 38.2 Å². The highest BCUT2D eigenvalue weighted by Gasteiger charge is 2.18. The van der Waals surface area contributed by atoms with Gasteiger partial charge >= 0.3 is 5.97 Å². The molecule has 1 rings (SSSR count). The van der Waals surface area contributed by atoms with E-state index in [0.717, 1.165) is 44.7 Å². The molecule has 1 aliphatic carbocycles. The van der Waals surface area contributed by atoms with E-state index in [1.54, 1.807) is 7.05 Å². The first-order chi connectivity index (χ1) is 9.26. The third-order valence-electron chi connectivity index (χ3n) is 3.22. The number of hydrogen-bond acceptors (Lipinski definition) is 3. The molecule has 0 heterocycles. The summed E-state index contributed by atoms with van der Waals surface area (Å²) >= 11 is 0. The van der Waals surface area contributed by atoms with Crippen molar-refractivity contribution in [2.24, 2.45) is 4.99 Å². The highest BCUT2D eigenvalue weighted by atomic mass is 127. The Balaban J connectivity index is 0.00000361. The molecule has 0 radical (unpaired) electrons. The molecule has 0 aliphatic heterocycles. The van der Waals surface area contributed by atoms with Crippen LogP contribution in [0, 0.1) is 0 Å². The number of rotatable bonds is 7. The minimum absolute atomic E-state index is 0. The highest BCUT2D eigenvalue weighted by Crippen LogP contribution is 2.21. The van der Waals surface area contributed by atoms with Crippen LogP contribution < -0.4 is 10.6 Å². The predicted molar refractivity (Wildman–Crippen MR) is 92.7 cm³/mol. The maximum Gasteiger partial charge on any atom is 0.306 e. The first-order valence-corrected chi connectivity index (χ1v) is 7.40. The van der Waals surface area contributed by atoms with Gasteiger partial charge in [-0.15, -0.1) is 24.0 Å². The van der Waals surface area contributed by atoms with Crippen LogP contribution in [0.15, 0.2) is 4.99 Å². The van der Waals surface area contributed by atoms with Crippen LogP contribution in [0.25, 0.3) is 0 Å². The lowest BCUT2D eigenvalue weighted by atomic mass is 10.3. The molecule has 0 aromatic carbocycles. The van der Waals surface area contributed by atoms with Gasteiger partial charge in [0, 0.05) is 26.6 Å². The third-order valence-corrected chi connectivity index (χ3v) is 3.22. The number of aliphatic imine (C=N–C) groups is 1. The zero-order valence-electron chi connectivity index (χ0n) is 12.6. The van der Waals surface area contributed by atoms with Crippen molar-refractivity contribution in [2.75, 3.05) is 20.1 Å². The number of guanidine groups is 1. The van der Waals surface area contributed by atoms with E-state index in [9.17, 15) is 4.79 Å². The number of hydrogen-bond donors (Lipinski definition) is 2. The Morgan fingerprint density at radius 3 is 2.50 bits per heavy atom. The Labute approximate surface area is 139 Å². The second kappa shape index (κ2) is 12.2. The number of nitrogens with zero attached hydrogens (tertiary/aromatic N) is 1. The normalized spacial score (nSPS) is 15.6. The van der Waals surface area contributed by atoms with Crippen molar-refractivity contribution in [2.45, 2.75) is 58.0 Å². The lowest BCUT2D eigenvalue weighted by molar-refractivity contribution is -0.148. The molecule has 20 heavy (non-hydrogen) atoms. The van der Waals surface area contributed by atoms with E-state index in [1.807, 2.05) is 0 Å². The quantitative estimate of drug-likeness (QED) is 0.228. The zero-order valence-corrected chi connectivity index (χ0v) is 14.9. The average Bonchev–Trinajstić information content (AvgIpc) is 2.90. The second-order valence-corrected chi connectivity index (χ2v) is 4.93. The molecule has 6 heteroatoms. The fraction of sp³-hybridized carbons (Fsp3) is 0.857. The molecular formula is C14H28IN3O2. The summed E-state index contributed by atoms with van der Waals surface area (Å²) in [5.74, 6) is 0.733. The maximum atomic E-state index is 11.6. The molecule has 2 N–H and O–H groups in total. The van der Waals surface area contributed by atoms with Gasteiger partial charge in [-0.1, -0.05) is 6.92 Å². The van der Waals surface area contributed by atoms with Crippen LogP contribution in [-0.2, 0) is 9.53 Å². The molecule has 1 fully saturated rings. The minimum Gasteiger partial charge on any atom is -0.462 e. The van der Waals surface area contributed by atoms with Gasteiger partial charge in [0.05, 0.1) is 0 Å². The van der Waals surface area contributed by atoms with Crippen LogP contribution in [0.2, 0.25) is 0 Å². The van der Waals surface area contributed by atoms with Gasteiger partial charge in [-0.3, -0.25) is 9.79 Å². The van der Waals surface area contributed by atoms with Crippen LogP contribution in [0.3, 0.4) is 0 Å². The molecule has 0 spiro atoms. The first-order valence-electron chi connectivity index (χ1n) is 7.40. The number of ether oxygens (including phenoxy) is 1. The smallest absolute Gasteiger partial charge is 0.306 e. The van der Waals surface area contributed by atoms with Gasteiger partial charge in [0.25, 0.3) is 0 Å². The third kappa shape index (κ3) is 8.60. The maximum absolute atomic E-state index is 11.6. The van der Waals surface area contributed by atoms with Gasteiger partial charge in [0.2, 0.25) is 0 Å². The summed E-state index contributed by atoms with van der Waals surface area (Å²) in [5.41, 5.74) is 0. The molecule has 0 saturated heterocycles. The fourth-order valence-corrected chi connectivity index (χ4v) is 2.15. The number of carbonyl (C=O) groups is 1. The Morgan fingerprint density at radius 2 is 1.90 bits per heavy atom. The van der Waals surface area contributed by atoms with E-state index in [-0.39, 0.29) is 36.0 Å². The van der Waals surface area contributed by atoms with Crippen LogP contribution in [0.5, 0.6) is 0 Å². The number of esters is 1. The van der Waals surface area contributed by atoms with Crippen LogP contribution in [0.4, 0.5) is 0 Å². The van der Waals surface area contributed by atoms with Gasteiger partial charge in [-0.2, -0.15) is 0 Å². The Morgan fingerprint density at radius 1 is 1.25 bits per heavy atom. The lowest BCUT2D eigenvalue weighted by Gasteiger charge is -2.12. The van der Waals surface area contributed by atoms with Crippen molar-refractivity contribution in [3.8, 4) is 0 Å². The molecule has 118 valence electrons. The predicted octanol–water partition coefficient (Wildman–Crippen LogP) is 2.45. The minimum atomic E-state index is -0.0646. The molecule has 5 nitrogen and oxygen atoms in total. The van der Waals surface area contributed by atoms with Crippen molar-refractivity contribution in [3.05, 3.63) is 0 Å². The Hall–Kier alpha value is -0.530. The molecule has 1 aliphatic rings. The van der Waals surface area contributed by atoms with Crippen molar-refractivity contribution < 1.29 is 9.53 Å². The van der Waals surface area contributed by atoms with Gasteiger partial charge < -0.3 is 15.4 Å². The SMILES string of the molecule is CCCNC(=NC)NCCCC(=O)OC1CCCC1.I. The van der Waals surface area contributed by atoms with E-state index in [4.69, 9.17) is 4.74 Å². The topological polar surface area (TPSA) is 62.7 Å². The summed E-state index contributed by atoms with van der Waals surface area (Å²) in [5, 5.41) is 6.37. The summed E-state index contributed by atoms with van der Waals surface area (Å²) in [6, 6.07) is 0. The molecule has 0 aromatic heterocycles. The standard InChI is InChI=1S/C14H27N3O2.HI/c1-3-10-16-14(15-2)17-11-6-9-13(18)19-12-7-4-5-8-12;/h12H,3-11H2,1-2H3,(H2,15,16,17);1H. The zero-order chi connectivity index (χ0) is 13.9. The number of halogens is 1. The van der Waals surface area contributed by atoms with Gasteiger partial charge in [-0.25, -0.2) is 0 Å². The van der Waals surface area contributed by atoms with Crippen molar-refractivity contribution in [1.29, 1.82) is 0 Å². The van der Waals surface area contributed by atoms with Gasteiger partial charge in [0.15, 0.2) is 5.96 Å². The largest absolute Gasteiger partial charge is 0.462 e. The van der Waals surface area contributed by atoms with E-state index in [2.05, 4.69) is 22.5 Å². The van der Waals surface area contributed by atoms with E-state index < -0.39 is 0 Å². The van der Waals surface area contributed by atoms with Crippen molar-refractivity contribution >= 4 is 35.9 Å². The molecular weight excluding hydrogens is 369 g/mol. The molecule has 0 aromatic rings. The summed E-state index contributed by atoms with van der Waals surface area (Å²) in [4.78, 5) is 15.7. The van der Waals surface area contributed by atoms with E-state index >= 15 is 0 Å². The molecule has 0 amide bonds. The Bertz CT molecular complexity index is 292. The van der Waals surface area contributed by atoms with Crippen molar-refractivity contribution in [3.63, 3.8) is 0 Å². The average molecular weight is 397 g/mol. The highest BCUT2D eigenvalue weighted by molar-refractivity contribution is 14.0. The molecule has 0 unspecified atom stereocenters. The summed E-state index contributed by atoms with van der Waals surface area (Å²) in [7, 11) is 1.75. The molecule has 0 atom stereocenters. The van der Waals surface area contributed by atoms with E-state index in [0.29, 0.717) is 6.42 Å². The fourth-order valence-electron chi connectivity index (χ4n) is 2.15. The second-order valence-electron chi connectivity index (χ2n) is 4.93. The van der Waals surface area contributed by atoms with Crippen LogP contribution >= 0.6 is 24.0 Å². The monoisotopic (exact) mass is 397 g/mol. The van der Waals surface area contributed by atoms with Crippen molar-refractivity contribution in [1.82, 2.24) is 10.6 Å². The summed E-state index contributed by atoms with van der Waals surface area (Å²) in [6.45, 7) is 3.76. The van der Waals surface area contributed by atoms with Gasteiger partial charge in [0.1, 0.15) is 6.10 Å². The first kappa shape index (κ1) is 19.5. The molecule has 0 bridgehead atoms. The van der Waals surface area contributed by atoms with Gasteiger partial charge in [-0.05, 0) is 38.5 Å². The number of carbonyl (C=O) groups excluding carboxylic acids is 1.